The van der Waals surface area contributed by atoms with Crippen LogP contribution in [-0.4, -0.2) is 88.9 Å². The van der Waals surface area contributed by atoms with E-state index >= 15 is 0 Å². The van der Waals surface area contributed by atoms with Crippen molar-refractivity contribution in [2.24, 2.45) is 11.3 Å². The van der Waals surface area contributed by atoms with Gasteiger partial charge in [-0.25, -0.2) is 4.79 Å². The fraction of sp³-hybridized carbons (Fsp3) is 0.677. The van der Waals surface area contributed by atoms with Gasteiger partial charge in [0.25, 0.3) is 0 Å². The Morgan fingerprint density at radius 3 is 2.49 bits per heavy atom. The molecule has 2 fully saturated rings. The summed E-state index contributed by atoms with van der Waals surface area (Å²) in [5.74, 6) is -1.27. The van der Waals surface area contributed by atoms with E-state index in [9.17, 15) is 24.4 Å². The average molecular weight is 598 g/mol. The molecule has 3 rings (SSSR count). The first-order valence-electron chi connectivity index (χ1n) is 15.3. The Labute approximate surface area is 254 Å². The number of carbonyl (C=O) groups excluding carboxylic acids is 4. The summed E-state index contributed by atoms with van der Waals surface area (Å²) in [5.41, 5.74) is -0.123. The number of carbonyl (C=O) groups is 4. The molecule has 0 aliphatic carbocycles. The number of rotatable bonds is 13. The van der Waals surface area contributed by atoms with Crippen molar-refractivity contribution < 1.29 is 23.9 Å². The highest BCUT2D eigenvalue weighted by Gasteiger charge is 2.46. The second-order valence-electron chi connectivity index (χ2n) is 12.5. The Morgan fingerprint density at radius 1 is 1.21 bits per heavy atom. The van der Waals surface area contributed by atoms with Crippen molar-refractivity contribution in [1.29, 1.82) is 5.26 Å². The quantitative estimate of drug-likeness (QED) is 0.313. The van der Waals surface area contributed by atoms with E-state index < -0.39 is 35.5 Å². The molecule has 1 aromatic heterocycles. The number of alkyl carbamates (subject to hydrolysis) is 1. The van der Waals surface area contributed by atoms with Crippen LogP contribution >= 0.6 is 0 Å². The molecule has 2 aliphatic heterocycles. The summed E-state index contributed by atoms with van der Waals surface area (Å²) >= 11 is 0. The average Bonchev–Trinajstić information content (AvgIpc) is 3.60. The van der Waals surface area contributed by atoms with Crippen LogP contribution in [0, 0.1) is 22.7 Å². The molecule has 0 bridgehead atoms. The number of likely N-dealkylation sites (tertiary alicyclic amines) is 1. The largest absolute Gasteiger partial charge is 0.443 e. The Hall–Kier alpha value is -3.72. The second-order valence-corrected chi connectivity index (χ2v) is 12.5. The highest BCUT2D eigenvalue weighted by atomic mass is 16.5. The predicted octanol–water partition coefficient (Wildman–Crippen LogP) is 2.35. The van der Waals surface area contributed by atoms with Gasteiger partial charge in [0, 0.05) is 31.2 Å². The summed E-state index contributed by atoms with van der Waals surface area (Å²) < 4.78 is 5.36. The van der Waals surface area contributed by atoms with Crippen molar-refractivity contribution in [1.82, 2.24) is 30.7 Å². The summed E-state index contributed by atoms with van der Waals surface area (Å²) in [6.07, 6.45) is 3.93. The molecule has 2 saturated heterocycles. The van der Waals surface area contributed by atoms with Gasteiger partial charge >= 0.3 is 6.09 Å². The molecule has 12 heteroatoms. The van der Waals surface area contributed by atoms with E-state index in [0.29, 0.717) is 31.6 Å². The van der Waals surface area contributed by atoms with Gasteiger partial charge in [-0.3, -0.25) is 24.3 Å². The lowest BCUT2D eigenvalue weighted by Gasteiger charge is -2.35. The third kappa shape index (κ3) is 9.38. The minimum atomic E-state index is -0.975. The van der Waals surface area contributed by atoms with Crippen LogP contribution in [0.25, 0.3) is 0 Å². The van der Waals surface area contributed by atoms with E-state index in [1.165, 1.54) is 0 Å². The summed E-state index contributed by atoms with van der Waals surface area (Å²) in [7, 11) is 0. The zero-order valence-electron chi connectivity index (χ0n) is 26.1. The highest BCUT2D eigenvalue weighted by Crippen LogP contribution is 2.29. The monoisotopic (exact) mass is 597 g/mol. The van der Waals surface area contributed by atoms with Gasteiger partial charge < -0.3 is 25.6 Å². The number of nitrogens with zero attached hydrogens (tertiary/aromatic N) is 4. The Kier molecular flexibility index (Phi) is 12.3. The Bertz CT molecular complexity index is 1140. The topological polar surface area (TPSA) is 157 Å². The lowest BCUT2D eigenvalue weighted by atomic mass is 9.85. The van der Waals surface area contributed by atoms with Crippen molar-refractivity contribution in [2.45, 2.75) is 97.5 Å². The molecule has 0 spiro atoms. The molecule has 236 valence electrons. The number of aromatic nitrogens is 1. The molecule has 0 radical (unpaired) electrons. The van der Waals surface area contributed by atoms with Gasteiger partial charge in [0.1, 0.15) is 24.7 Å². The first-order chi connectivity index (χ1) is 20.5. The molecular formula is C31H47N7O5. The number of amides is 4. The molecule has 2 aliphatic rings. The molecule has 5 atom stereocenters. The maximum Gasteiger partial charge on any atom is 0.408 e. The fourth-order valence-electron chi connectivity index (χ4n) is 5.79. The second kappa shape index (κ2) is 15.7. The molecule has 0 saturated carbocycles. The molecule has 43 heavy (non-hydrogen) atoms. The Morgan fingerprint density at radius 2 is 1.93 bits per heavy atom. The van der Waals surface area contributed by atoms with E-state index in [1.807, 2.05) is 20.8 Å². The predicted molar refractivity (Wildman–Crippen MR) is 160 cm³/mol. The molecule has 1 unspecified atom stereocenters. The van der Waals surface area contributed by atoms with E-state index in [-0.39, 0.29) is 36.8 Å². The summed E-state index contributed by atoms with van der Waals surface area (Å²) in [4.78, 5) is 60.9. The van der Waals surface area contributed by atoms with Crippen molar-refractivity contribution in [3.05, 3.63) is 30.1 Å². The maximum absolute atomic E-state index is 14.2. The molecule has 4 amide bonds. The lowest BCUT2D eigenvalue weighted by molar-refractivity contribution is -0.142. The van der Waals surface area contributed by atoms with Gasteiger partial charge in [0.05, 0.1) is 11.8 Å². The van der Waals surface area contributed by atoms with Gasteiger partial charge in [-0.1, -0.05) is 40.7 Å². The van der Waals surface area contributed by atoms with Crippen LogP contribution in [0.1, 0.15) is 72.4 Å². The fourth-order valence-corrected chi connectivity index (χ4v) is 5.79. The van der Waals surface area contributed by atoms with Crippen LogP contribution in [0.3, 0.4) is 0 Å². The molecular weight excluding hydrogens is 550 g/mol. The third-order valence-corrected chi connectivity index (χ3v) is 8.01. The molecule has 0 aromatic carbocycles. The Balaban J connectivity index is 1.80. The number of hydrogen-bond donors (Lipinski definition) is 3. The number of pyridine rings is 1. The highest BCUT2D eigenvalue weighted by molar-refractivity contribution is 5.92. The SMILES string of the molecule is CCCN(CCC)[C@@H]1C[C@@H](C(=O)NC(C#N)C[C@@H]2CCNC2=O)N(C(=O)[C@@H](NC(=O)OCc2ccccn2)C(C)(C)C)C1. The first-order valence-corrected chi connectivity index (χ1v) is 15.3. The van der Waals surface area contributed by atoms with E-state index in [2.05, 4.69) is 45.8 Å². The summed E-state index contributed by atoms with van der Waals surface area (Å²) in [5, 5.41) is 18.1. The molecule has 3 heterocycles. The minimum Gasteiger partial charge on any atom is -0.443 e. The number of hydrogen-bond acceptors (Lipinski definition) is 8. The summed E-state index contributed by atoms with van der Waals surface area (Å²) in [6, 6.07) is 4.68. The van der Waals surface area contributed by atoms with Crippen LogP contribution in [0.2, 0.25) is 0 Å². The van der Waals surface area contributed by atoms with Gasteiger partial charge in [0.15, 0.2) is 0 Å². The van der Waals surface area contributed by atoms with Crippen LogP contribution < -0.4 is 16.0 Å². The summed E-state index contributed by atoms with van der Waals surface area (Å²) in [6.45, 7) is 12.2. The zero-order valence-corrected chi connectivity index (χ0v) is 26.1. The van der Waals surface area contributed by atoms with Crippen molar-refractivity contribution in [2.75, 3.05) is 26.2 Å². The minimum absolute atomic E-state index is 0.0495. The van der Waals surface area contributed by atoms with Crippen LogP contribution in [0.5, 0.6) is 0 Å². The maximum atomic E-state index is 14.2. The standard InChI is InChI=1S/C31H47N7O5/c1-6-14-37(15-7-2)24-17-25(28(40)35-23(18-32)16-21-11-13-34-27(21)39)38(19-24)29(41)26(31(3,4)5)36-30(42)43-20-22-10-8-9-12-33-22/h8-10,12,21,23-26H,6-7,11,13-17,19-20H2,1-5H3,(H,34,39)(H,35,40)(H,36,42)/t21-,23?,24+,25-,26+/m0/s1. The third-order valence-electron chi connectivity index (χ3n) is 8.01. The number of nitrogens with one attached hydrogen (secondary N) is 3. The van der Waals surface area contributed by atoms with Crippen molar-refractivity contribution in [3.63, 3.8) is 0 Å². The van der Waals surface area contributed by atoms with Crippen LogP contribution in [-0.2, 0) is 25.7 Å². The van der Waals surface area contributed by atoms with Gasteiger partial charge in [-0.05, 0) is 62.7 Å². The first kappa shape index (κ1) is 33.8. The van der Waals surface area contributed by atoms with E-state index in [4.69, 9.17) is 4.74 Å². The van der Waals surface area contributed by atoms with Gasteiger partial charge in [0.2, 0.25) is 17.7 Å². The van der Waals surface area contributed by atoms with Crippen molar-refractivity contribution >= 4 is 23.8 Å². The normalized spacial score (nSPS) is 21.6. The van der Waals surface area contributed by atoms with Crippen LogP contribution in [0.4, 0.5) is 4.79 Å². The van der Waals surface area contributed by atoms with Crippen LogP contribution in [0.15, 0.2) is 24.4 Å². The smallest absolute Gasteiger partial charge is 0.408 e. The van der Waals surface area contributed by atoms with E-state index in [0.717, 1.165) is 25.9 Å². The molecule has 3 N–H and O–H groups in total. The lowest BCUT2D eigenvalue weighted by Crippen LogP contribution is -2.58. The van der Waals surface area contributed by atoms with Gasteiger partial charge in [-0.15, -0.1) is 0 Å². The van der Waals surface area contributed by atoms with E-state index in [1.54, 1.807) is 29.3 Å². The van der Waals surface area contributed by atoms with Crippen molar-refractivity contribution in [3.8, 4) is 6.07 Å². The molecule has 1 aromatic rings. The number of ether oxygens (including phenoxy) is 1. The zero-order chi connectivity index (χ0) is 31.6. The van der Waals surface area contributed by atoms with Gasteiger partial charge in [-0.2, -0.15) is 5.26 Å². The number of nitriles is 1. The molecule has 12 nitrogen and oxygen atoms in total.